The number of nitrogens with zero attached hydrogens (tertiary/aromatic N) is 3. The molecule has 16 saturated carbocycles. The van der Waals surface area contributed by atoms with Crippen LogP contribution in [0.3, 0.4) is 0 Å². The van der Waals surface area contributed by atoms with Crippen LogP contribution in [0.2, 0.25) is 17.5 Å². The zero-order valence-corrected chi connectivity index (χ0v) is 66.6. The van der Waals surface area contributed by atoms with Crippen molar-refractivity contribution >= 4 is 6.71 Å². The van der Waals surface area contributed by atoms with Crippen LogP contribution in [-0.4, -0.2) is 76.3 Å². The predicted molar refractivity (Wildman–Crippen MR) is 431 cm³/mol. The first kappa shape index (κ1) is 57.9. The minimum atomic E-state index is -1.17. The van der Waals surface area contributed by atoms with Gasteiger partial charge in [-0.15, -0.1) is 0 Å². The Bertz CT molecular complexity index is 3170. The first-order chi connectivity index (χ1) is 55.7. The van der Waals surface area contributed by atoms with E-state index in [0.717, 1.165) is 54.3 Å². The summed E-state index contributed by atoms with van der Waals surface area (Å²) in [5, 5.41) is 0. The van der Waals surface area contributed by atoms with Gasteiger partial charge in [-0.3, -0.25) is 14.7 Å². The second kappa shape index (κ2) is 30.1. The molecule has 0 bridgehead atoms. The average Bonchev–Trinajstić information content (AvgIpc) is 0.786. The minimum absolute atomic E-state index is 0.0703. The van der Waals surface area contributed by atoms with Crippen LogP contribution in [0.25, 0.3) is 0 Å². The molecule has 0 aromatic heterocycles. The van der Waals surface area contributed by atoms with Gasteiger partial charge in [0.25, 0.3) is 0 Å². The molecule has 16 aliphatic carbocycles. The van der Waals surface area contributed by atoms with Crippen molar-refractivity contribution in [3.8, 4) is 0 Å². The smallest absolute Gasteiger partial charge is 0.157 e. The van der Waals surface area contributed by atoms with Crippen LogP contribution < -0.4 is 0 Å². The van der Waals surface area contributed by atoms with E-state index in [1.807, 2.05) is 6.92 Å². The summed E-state index contributed by atoms with van der Waals surface area (Å²) < 4.78 is 145. The Morgan fingerprint density at radius 1 is 0.333 bits per heavy atom. The Labute approximate surface area is 651 Å². The lowest BCUT2D eigenvalue weighted by molar-refractivity contribution is -0.149. The van der Waals surface area contributed by atoms with Gasteiger partial charge in [-0.25, -0.2) is 0 Å². The van der Waals surface area contributed by atoms with Crippen LogP contribution in [-0.2, 0) is 0 Å². The summed E-state index contributed by atoms with van der Waals surface area (Å²) in [4.78, 5) is 9.59. The highest BCUT2D eigenvalue weighted by molar-refractivity contribution is 6.65. The van der Waals surface area contributed by atoms with E-state index in [1.54, 1.807) is 0 Å². The van der Waals surface area contributed by atoms with Crippen LogP contribution >= 0.6 is 0 Å². The topological polar surface area (TPSA) is 9.72 Å². The molecule has 102 heavy (non-hydrogen) atoms. The Morgan fingerprint density at radius 3 is 1.35 bits per heavy atom. The van der Waals surface area contributed by atoms with E-state index < -0.39 is 101 Å². The first-order valence-corrected chi connectivity index (χ1v) is 46.9. The van der Waals surface area contributed by atoms with Crippen LogP contribution in [0.15, 0.2) is 0 Å². The molecule has 0 amide bonds. The van der Waals surface area contributed by atoms with Gasteiger partial charge in [0.2, 0.25) is 0 Å². The number of hydrogen-bond donors (Lipinski definition) is 0. The quantitative estimate of drug-likeness (QED) is 0.202. The van der Waals surface area contributed by atoms with E-state index in [2.05, 4.69) is 63.2 Å². The van der Waals surface area contributed by atoms with Gasteiger partial charge in [-0.05, 0) is 317 Å². The van der Waals surface area contributed by atoms with Gasteiger partial charge in [-0.1, -0.05) is 241 Å². The van der Waals surface area contributed by atoms with E-state index >= 15 is 0 Å². The fraction of sp³-hybridized carbons (Fsp3) is 1.00. The van der Waals surface area contributed by atoms with Gasteiger partial charge in [0.15, 0.2) is 6.71 Å². The second-order valence-electron chi connectivity index (χ2n) is 43.4. The summed E-state index contributed by atoms with van der Waals surface area (Å²) in [5.41, 5.74) is 0.348. The van der Waals surface area contributed by atoms with Crippen molar-refractivity contribution in [2.75, 3.05) is 6.54 Å². The van der Waals surface area contributed by atoms with E-state index in [9.17, 15) is 19.2 Å². The molecule has 3 saturated heterocycles. The second-order valence-corrected chi connectivity index (χ2v) is 43.4. The first-order valence-electron chi connectivity index (χ1n) is 55.0. The van der Waals surface area contributed by atoms with Crippen LogP contribution in [0.1, 0.15) is 395 Å². The molecule has 19 aliphatic rings. The lowest BCUT2D eigenvalue weighted by Crippen LogP contribution is -2.79. The summed E-state index contributed by atoms with van der Waals surface area (Å²) in [5.74, 6) is 8.78. The largest absolute Gasteiger partial charge is 0.296 e. The van der Waals surface area contributed by atoms with E-state index in [1.165, 1.54) is 218 Å². The fourth-order valence-electron chi connectivity index (χ4n) is 34.4. The molecule has 33 unspecified atom stereocenters. The average molecular weight is 1410 g/mol. The van der Waals surface area contributed by atoms with Gasteiger partial charge in [0, 0.05) is 74.1 Å². The Kier molecular flexibility index (Phi) is 17.1. The third kappa shape index (κ3) is 12.9. The molecule has 0 aromatic rings. The Hall–Kier alpha value is -0.0551. The van der Waals surface area contributed by atoms with Crippen molar-refractivity contribution in [2.24, 2.45) is 165 Å². The highest BCUT2D eigenvalue weighted by Gasteiger charge is 2.71. The van der Waals surface area contributed by atoms with Crippen LogP contribution in [0.4, 0.5) is 0 Å². The molecule has 0 N–H and O–H groups in total. The summed E-state index contributed by atoms with van der Waals surface area (Å²) in [6.07, 6.45) is 34.4. The SMILES string of the molecule is [2H]C1C([2H])C([2H])C(C2[C@@H]([2H])C3B4C5C(C)[C@@H](C6CC7CCC8CC(C(C)(C)C)C[C@H]9CCC(C6)C7C89)C([2H])[C@@H](C)C5N(C5C(C6CCCCC6)CCCC5C5CCCCC5)C5CC(CN6C7C(C)C([2H])C([2H])[C@@H]([2H])[C@H]7C7C([2H])[C@@H](C)C([2H])C([2H])[C@H]76)CC(C45)N(C4[C@@H](C5CCCCC5)CCC[C@H]4C4CCCCC4)[C@H]3C(C)[C@H]2[2H])C([2H])C1[2H]. The predicted octanol–water partition coefficient (Wildman–Crippen LogP) is 26.0. The Balaban J connectivity index is 0.831. The normalized spacial score (nSPS) is 64.2. The maximum Gasteiger partial charge on any atom is 0.157 e. The Morgan fingerprint density at radius 2 is 0.833 bits per heavy atom. The molecule has 3 nitrogen and oxygen atoms in total. The van der Waals surface area contributed by atoms with Crippen molar-refractivity contribution in [1.29, 1.82) is 0 Å². The van der Waals surface area contributed by atoms with Gasteiger partial charge in [0.1, 0.15) is 0 Å². The fourth-order valence-corrected chi connectivity index (χ4v) is 34.4. The molecule has 574 valence electrons. The monoisotopic (exact) mass is 1410 g/mol. The number of hydrogen-bond acceptors (Lipinski definition) is 3. The third-order valence-electron chi connectivity index (χ3n) is 37.8. The molecule has 3 aliphatic heterocycles. The summed E-state index contributed by atoms with van der Waals surface area (Å²) in [6.45, 7) is 20.5. The van der Waals surface area contributed by atoms with Crippen molar-refractivity contribution < 1.29 is 19.2 Å². The highest BCUT2D eigenvalue weighted by Crippen LogP contribution is 2.72. The van der Waals surface area contributed by atoms with Crippen molar-refractivity contribution in [1.82, 2.24) is 14.7 Å². The number of fused-ring (bicyclic) bond motifs is 7. The van der Waals surface area contributed by atoms with Crippen molar-refractivity contribution in [2.45, 2.75) is 442 Å². The summed E-state index contributed by atoms with van der Waals surface area (Å²) in [6, 6.07) is 0.268. The van der Waals surface area contributed by atoms with Gasteiger partial charge in [-0.2, -0.15) is 0 Å². The van der Waals surface area contributed by atoms with Gasteiger partial charge >= 0.3 is 0 Å². The maximum absolute atomic E-state index is 12.2. The van der Waals surface area contributed by atoms with Gasteiger partial charge in [0.05, 0.1) is 0 Å². The standard InChI is InChI=1S/C98H164BN3/c1-60-43-48-86-84(49-60)82-42-24-27-61(2)93(82)100(86)59-65-52-87-92-88(53-65)102(97-80(69-34-20-12-21-35-69)40-26-41-81(97)70-36-22-13-23-37-70)95-63(4)51-83(76-54-71-44-46-73-56-77(98(6,7)8)57-74-47-45-72(55-76)89(71)90(73)74)64(5)91(95)99(92)85-58-75(66-28-14-9-15-29-66)50-62(3)94(85)101(87)96-78(67-30-16-10-17-31-67)38-25-39-79(96)68-32-18-11-19-33-68/h60-97H,9-59H2,1-8H3/t60-,61?,62?,63+,64?,65?,71?,72?,73+,74?,75?,76?,77?,78-,79+,80?,81?,82-,83-,84?,85?,86+,87?,88?,89?,90?,91?,92?,93?,94-,95?,96?,97?/m0/s1/i9D,14D,15D,24D,27D,28D,29D,42D,43D,48D,49D,50D,51D,58D/t9?,14?,15?,24?,27?,28?,29?,42-,43?,48?,49?,50-,51?,58-,60+,61?,62?,63-,64?,65?,66?,71?,72?,73-,74?,75?,76?,77?,78-,79+,80?,81?,82+,83+,84?,85?,86-,87?,88?,89?,90?,91?,92?,93?,94+,95?,96?,97?/m1. The molecule has 4 heteroatoms. The van der Waals surface area contributed by atoms with E-state index in [0.29, 0.717) is 71.3 Å². The molecule has 45 atom stereocenters. The number of likely N-dealkylation sites (tertiary alicyclic amines) is 1. The highest BCUT2D eigenvalue weighted by atomic mass is 15.3. The molecule has 0 radical (unpaired) electrons. The zero-order chi connectivity index (χ0) is 81.0. The minimum Gasteiger partial charge on any atom is -0.296 e. The molecule has 0 spiro atoms. The lowest BCUT2D eigenvalue weighted by atomic mass is 9.16. The zero-order valence-electron chi connectivity index (χ0n) is 80.6. The molecular formula is C98H164BN3. The van der Waals surface area contributed by atoms with E-state index in [-0.39, 0.29) is 120 Å². The molecule has 3 heterocycles. The molecule has 0 aromatic carbocycles. The van der Waals surface area contributed by atoms with E-state index in [4.69, 9.17) is 0 Å². The van der Waals surface area contributed by atoms with Crippen LogP contribution in [0.5, 0.6) is 0 Å². The molecule has 19 fully saturated rings. The summed E-state index contributed by atoms with van der Waals surface area (Å²) in [7, 11) is 0. The third-order valence-corrected chi connectivity index (χ3v) is 37.8. The number of rotatable bonds is 10. The maximum atomic E-state index is 12.2. The van der Waals surface area contributed by atoms with Crippen molar-refractivity contribution in [3.63, 3.8) is 0 Å². The molecule has 19 rings (SSSR count). The van der Waals surface area contributed by atoms with Gasteiger partial charge < -0.3 is 0 Å². The van der Waals surface area contributed by atoms with Crippen molar-refractivity contribution in [3.05, 3.63) is 0 Å². The lowest BCUT2D eigenvalue weighted by Gasteiger charge is -2.74. The molecular weight excluding hydrogens is 1230 g/mol. The van der Waals surface area contributed by atoms with Crippen LogP contribution in [0, 0.1) is 165 Å². The summed E-state index contributed by atoms with van der Waals surface area (Å²) >= 11 is 0.